The van der Waals surface area contributed by atoms with E-state index in [9.17, 15) is 4.79 Å². The fourth-order valence-electron chi connectivity index (χ4n) is 3.47. The lowest BCUT2D eigenvalue weighted by atomic mass is 9.95. The zero-order chi connectivity index (χ0) is 17.2. The molecule has 2 aromatic rings. The summed E-state index contributed by atoms with van der Waals surface area (Å²) in [6.07, 6.45) is 5.74. The van der Waals surface area contributed by atoms with Crippen LogP contribution in [0.3, 0.4) is 0 Å². The van der Waals surface area contributed by atoms with Crippen LogP contribution in [0.15, 0.2) is 24.4 Å². The number of methoxy groups -OCH3 is 1. The molecule has 1 aliphatic carbocycles. The SMILES string of the molecule is COc1cccc2c1OCC(C(=O)NCc1ncc3c(n1)CCC3)C2. The summed E-state index contributed by atoms with van der Waals surface area (Å²) >= 11 is 0. The van der Waals surface area contributed by atoms with Gasteiger partial charge < -0.3 is 14.8 Å². The van der Waals surface area contributed by atoms with E-state index < -0.39 is 0 Å². The predicted octanol–water partition coefficient (Wildman–Crippen LogP) is 1.84. The fourth-order valence-corrected chi connectivity index (χ4v) is 3.47. The number of nitrogens with one attached hydrogen (secondary N) is 1. The molecule has 1 atom stereocenters. The van der Waals surface area contributed by atoms with Gasteiger partial charge in [0.25, 0.3) is 0 Å². The van der Waals surface area contributed by atoms with Crippen LogP contribution < -0.4 is 14.8 Å². The van der Waals surface area contributed by atoms with Crippen molar-refractivity contribution in [2.75, 3.05) is 13.7 Å². The Morgan fingerprint density at radius 3 is 3.16 bits per heavy atom. The maximum atomic E-state index is 12.5. The first-order chi connectivity index (χ1) is 12.2. The minimum atomic E-state index is -0.214. The van der Waals surface area contributed by atoms with Crippen LogP contribution in [0.25, 0.3) is 0 Å². The molecule has 6 nitrogen and oxygen atoms in total. The standard InChI is InChI=1S/C19H21N3O3/c1-24-16-7-3-4-12-8-14(11-25-18(12)16)19(23)21-10-17-20-9-13-5-2-6-15(13)22-17/h3-4,7,9,14H,2,5-6,8,10-11H2,1H3,(H,21,23). The third-order valence-electron chi connectivity index (χ3n) is 4.83. The van der Waals surface area contributed by atoms with E-state index in [-0.39, 0.29) is 11.8 Å². The van der Waals surface area contributed by atoms with Crippen molar-refractivity contribution in [3.63, 3.8) is 0 Å². The van der Waals surface area contributed by atoms with E-state index in [4.69, 9.17) is 9.47 Å². The summed E-state index contributed by atoms with van der Waals surface area (Å²) in [4.78, 5) is 21.4. The van der Waals surface area contributed by atoms with Gasteiger partial charge in [0.05, 0.1) is 19.6 Å². The van der Waals surface area contributed by atoms with Crippen LogP contribution in [0.1, 0.15) is 29.1 Å². The Hall–Kier alpha value is -2.63. The zero-order valence-electron chi connectivity index (χ0n) is 14.2. The summed E-state index contributed by atoms with van der Waals surface area (Å²) in [7, 11) is 1.62. The smallest absolute Gasteiger partial charge is 0.227 e. The zero-order valence-corrected chi connectivity index (χ0v) is 14.2. The largest absolute Gasteiger partial charge is 0.493 e. The molecule has 1 aromatic carbocycles. The summed E-state index contributed by atoms with van der Waals surface area (Å²) in [5.41, 5.74) is 3.36. The van der Waals surface area contributed by atoms with Gasteiger partial charge in [0.2, 0.25) is 5.91 Å². The van der Waals surface area contributed by atoms with Gasteiger partial charge in [-0.3, -0.25) is 4.79 Å². The molecule has 2 heterocycles. The second kappa shape index (κ2) is 6.70. The number of hydrogen-bond acceptors (Lipinski definition) is 5. The van der Waals surface area contributed by atoms with Gasteiger partial charge in [-0.05, 0) is 42.9 Å². The van der Waals surface area contributed by atoms with E-state index in [1.54, 1.807) is 7.11 Å². The number of para-hydroxylation sites is 1. The summed E-state index contributed by atoms with van der Waals surface area (Å²) in [5, 5.41) is 2.94. The van der Waals surface area contributed by atoms with E-state index in [1.807, 2.05) is 24.4 Å². The second-order valence-electron chi connectivity index (χ2n) is 6.49. The van der Waals surface area contributed by atoms with Crippen LogP contribution in [0, 0.1) is 5.92 Å². The summed E-state index contributed by atoms with van der Waals surface area (Å²) in [6, 6.07) is 5.75. The molecular weight excluding hydrogens is 318 g/mol. The number of amides is 1. The number of carbonyl (C=O) groups excluding carboxylic acids is 1. The number of hydrogen-bond donors (Lipinski definition) is 1. The van der Waals surface area contributed by atoms with Crippen LogP contribution in [-0.2, 0) is 30.6 Å². The summed E-state index contributed by atoms with van der Waals surface area (Å²) in [6.45, 7) is 0.706. The molecule has 1 unspecified atom stereocenters. The summed E-state index contributed by atoms with van der Waals surface area (Å²) in [5.74, 6) is 1.89. The highest BCUT2D eigenvalue weighted by Crippen LogP contribution is 2.36. The van der Waals surface area contributed by atoms with Crippen LogP contribution in [0.2, 0.25) is 0 Å². The van der Waals surface area contributed by atoms with Crippen LogP contribution in [0.4, 0.5) is 0 Å². The molecule has 0 bridgehead atoms. The molecule has 0 spiro atoms. The first-order valence-corrected chi connectivity index (χ1v) is 8.64. The number of benzene rings is 1. The van der Waals surface area contributed by atoms with Gasteiger partial charge in [-0.25, -0.2) is 9.97 Å². The fraction of sp³-hybridized carbons (Fsp3) is 0.421. The molecular formula is C19H21N3O3. The van der Waals surface area contributed by atoms with Gasteiger partial charge in [-0.15, -0.1) is 0 Å². The highest BCUT2D eigenvalue weighted by Gasteiger charge is 2.27. The van der Waals surface area contributed by atoms with Crippen molar-refractivity contribution in [3.8, 4) is 11.5 Å². The van der Waals surface area contributed by atoms with Crippen molar-refractivity contribution in [1.29, 1.82) is 0 Å². The maximum Gasteiger partial charge on any atom is 0.227 e. The molecule has 0 radical (unpaired) electrons. The molecule has 4 rings (SSSR count). The maximum absolute atomic E-state index is 12.5. The lowest BCUT2D eigenvalue weighted by molar-refractivity contribution is -0.126. The Balaban J connectivity index is 1.39. The van der Waals surface area contributed by atoms with Gasteiger partial charge in [0.1, 0.15) is 12.4 Å². The average Bonchev–Trinajstić information content (AvgIpc) is 3.12. The Bertz CT molecular complexity index is 806. The number of nitrogens with zero attached hydrogens (tertiary/aromatic N) is 2. The number of rotatable bonds is 4. The van der Waals surface area contributed by atoms with Gasteiger partial charge in [0, 0.05) is 11.9 Å². The molecule has 130 valence electrons. The molecule has 6 heteroatoms. The number of aryl methyl sites for hydroxylation is 2. The topological polar surface area (TPSA) is 73.3 Å². The monoisotopic (exact) mass is 339 g/mol. The molecule has 1 aromatic heterocycles. The second-order valence-corrected chi connectivity index (χ2v) is 6.49. The van der Waals surface area contributed by atoms with Gasteiger partial charge in [-0.1, -0.05) is 12.1 Å². The van der Waals surface area contributed by atoms with Gasteiger partial charge >= 0.3 is 0 Å². The summed E-state index contributed by atoms with van der Waals surface area (Å²) < 4.78 is 11.1. The van der Waals surface area contributed by atoms with E-state index in [2.05, 4.69) is 15.3 Å². The van der Waals surface area contributed by atoms with Crippen LogP contribution in [-0.4, -0.2) is 29.6 Å². The van der Waals surface area contributed by atoms with Gasteiger partial charge in [-0.2, -0.15) is 0 Å². The average molecular weight is 339 g/mol. The van der Waals surface area contributed by atoms with E-state index >= 15 is 0 Å². The number of ether oxygens (including phenoxy) is 2. The third kappa shape index (κ3) is 3.16. The Labute approximate surface area is 146 Å². The van der Waals surface area contributed by atoms with Crippen molar-refractivity contribution in [1.82, 2.24) is 15.3 Å². The Morgan fingerprint density at radius 1 is 1.36 bits per heavy atom. The molecule has 1 aliphatic heterocycles. The minimum absolute atomic E-state index is 0.0300. The lowest BCUT2D eigenvalue weighted by Crippen LogP contribution is -2.37. The number of fused-ring (bicyclic) bond motifs is 2. The molecule has 1 N–H and O–H groups in total. The first kappa shape index (κ1) is 15.9. The molecule has 1 amide bonds. The highest BCUT2D eigenvalue weighted by atomic mass is 16.5. The van der Waals surface area contributed by atoms with Crippen molar-refractivity contribution in [2.24, 2.45) is 5.92 Å². The van der Waals surface area contributed by atoms with E-state index in [1.165, 1.54) is 5.56 Å². The lowest BCUT2D eigenvalue weighted by Gasteiger charge is -2.25. The highest BCUT2D eigenvalue weighted by molar-refractivity contribution is 5.79. The number of carbonyl (C=O) groups is 1. The van der Waals surface area contributed by atoms with E-state index in [0.29, 0.717) is 31.1 Å². The Morgan fingerprint density at radius 2 is 2.28 bits per heavy atom. The molecule has 0 fully saturated rings. The normalized spacial score (nSPS) is 18.0. The number of aromatic nitrogens is 2. The first-order valence-electron chi connectivity index (χ1n) is 8.64. The third-order valence-corrected chi connectivity index (χ3v) is 4.83. The minimum Gasteiger partial charge on any atom is -0.493 e. The van der Waals surface area contributed by atoms with Crippen molar-refractivity contribution in [2.45, 2.75) is 32.2 Å². The van der Waals surface area contributed by atoms with Crippen molar-refractivity contribution >= 4 is 5.91 Å². The van der Waals surface area contributed by atoms with Crippen molar-refractivity contribution in [3.05, 3.63) is 47.0 Å². The van der Waals surface area contributed by atoms with Gasteiger partial charge in [0.15, 0.2) is 11.5 Å². The Kier molecular flexibility index (Phi) is 4.26. The predicted molar refractivity (Wildman–Crippen MR) is 91.6 cm³/mol. The van der Waals surface area contributed by atoms with E-state index in [0.717, 1.165) is 36.3 Å². The molecule has 2 aliphatic rings. The van der Waals surface area contributed by atoms with Crippen LogP contribution in [0.5, 0.6) is 11.5 Å². The molecule has 0 saturated carbocycles. The molecule has 0 saturated heterocycles. The van der Waals surface area contributed by atoms with Crippen LogP contribution >= 0.6 is 0 Å². The quantitative estimate of drug-likeness (QED) is 0.920. The molecule has 25 heavy (non-hydrogen) atoms. The van der Waals surface area contributed by atoms with Crippen molar-refractivity contribution < 1.29 is 14.3 Å².